The highest BCUT2D eigenvalue weighted by Gasteiger charge is 2.36. The van der Waals surface area contributed by atoms with Gasteiger partial charge in [0.05, 0.1) is 5.69 Å². The van der Waals surface area contributed by atoms with E-state index in [4.69, 9.17) is 0 Å². The van der Waals surface area contributed by atoms with Gasteiger partial charge in [0.2, 0.25) is 0 Å². The van der Waals surface area contributed by atoms with Crippen LogP contribution in [0.3, 0.4) is 0 Å². The summed E-state index contributed by atoms with van der Waals surface area (Å²) in [7, 11) is 0. The Bertz CT molecular complexity index is 3830. The quantitative estimate of drug-likeness (QED) is 0.109. The van der Waals surface area contributed by atoms with Gasteiger partial charge in [-0.25, -0.2) is 0 Å². The topological polar surface area (TPSA) is 3.24 Å². The zero-order valence-electron chi connectivity index (χ0n) is 38.0. The third-order valence-corrected chi connectivity index (χ3v) is 15.7. The normalized spacial score (nSPS) is 12.8. The van der Waals surface area contributed by atoms with E-state index in [2.05, 4.69) is 261 Å². The molecule has 68 heavy (non-hydrogen) atoms. The zero-order chi connectivity index (χ0) is 45.3. The first kappa shape index (κ1) is 40.3. The first-order chi connectivity index (χ1) is 33.5. The number of para-hydroxylation sites is 2. The molecule has 0 bridgehead atoms. The highest BCUT2D eigenvalue weighted by Crippen LogP contribution is 2.52. The molecule has 0 atom stereocenters. The van der Waals surface area contributed by atoms with E-state index in [1.807, 2.05) is 11.3 Å². The fourth-order valence-corrected chi connectivity index (χ4v) is 12.6. The summed E-state index contributed by atoms with van der Waals surface area (Å²) in [4.78, 5) is 2.42. The van der Waals surface area contributed by atoms with E-state index in [9.17, 15) is 0 Å². The van der Waals surface area contributed by atoms with Crippen LogP contribution in [0.2, 0.25) is 0 Å². The van der Waals surface area contributed by atoms with Gasteiger partial charge < -0.3 is 4.90 Å². The molecule has 13 rings (SSSR count). The van der Waals surface area contributed by atoms with Gasteiger partial charge in [0.15, 0.2) is 0 Å². The van der Waals surface area contributed by atoms with E-state index < -0.39 is 0 Å². The first-order valence-electron chi connectivity index (χ1n) is 23.7. The maximum Gasteiger partial charge on any atom is 0.0540 e. The number of fused-ring (bicyclic) bond motifs is 11. The van der Waals surface area contributed by atoms with Gasteiger partial charge in [0.1, 0.15) is 0 Å². The Kier molecular flexibility index (Phi) is 9.52. The third-order valence-electron chi connectivity index (χ3n) is 14.6. The van der Waals surface area contributed by atoms with E-state index in [1.165, 1.54) is 103 Å². The lowest BCUT2D eigenvalue weighted by molar-refractivity contribution is 0.659. The van der Waals surface area contributed by atoms with Crippen LogP contribution in [0, 0.1) is 0 Å². The van der Waals surface area contributed by atoms with Crippen LogP contribution in [0.1, 0.15) is 47.6 Å². The molecule has 11 aromatic carbocycles. The van der Waals surface area contributed by atoms with E-state index in [-0.39, 0.29) is 11.3 Å². The van der Waals surface area contributed by atoms with Gasteiger partial charge in [-0.05, 0) is 114 Å². The Balaban J connectivity index is 0.911. The van der Waals surface area contributed by atoms with Crippen molar-refractivity contribution < 1.29 is 0 Å². The summed E-state index contributed by atoms with van der Waals surface area (Å²) in [6, 6.07) is 89.8. The molecule has 0 fully saturated rings. The average molecular weight is 886 g/mol. The van der Waals surface area contributed by atoms with Crippen molar-refractivity contribution in [3.05, 3.63) is 270 Å². The second-order valence-corrected chi connectivity index (χ2v) is 19.8. The smallest absolute Gasteiger partial charge is 0.0540 e. The predicted molar refractivity (Wildman–Crippen MR) is 291 cm³/mol. The van der Waals surface area contributed by atoms with Crippen molar-refractivity contribution in [2.45, 2.75) is 25.2 Å². The second kappa shape index (κ2) is 16.1. The minimum atomic E-state index is -0.160. The number of hydrogen-bond donors (Lipinski definition) is 0. The van der Waals surface area contributed by atoms with E-state index in [0.29, 0.717) is 0 Å². The van der Waals surface area contributed by atoms with Crippen LogP contribution in [-0.2, 0) is 5.41 Å². The summed E-state index contributed by atoms with van der Waals surface area (Å²) < 4.78 is 2.64. The Morgan fingerprint density at radius 1 is 0.368 bits per heavy atom. The highest BCUT2D eigenvalue weighted by atomic mass is 32.1. The molecule has 1 heterocycles. The minimum Gasteiger partial charge on any atom is -0.310 e. The second-order valence-electron chi connectivity index (χ2n) is 18.8. The summed E-state index contributed by atoms with van der Waals surface area (Å²) in [5.74, 6) is 0.161. The minimum absolute atomic E-state index is 0.160. The molecule has 0 saturated heterocycles. The summed E-state index contributed by atoms with van der Waals surface area (Å²) in [6.07, 6.45) is 0. The van der Waals surface area contributed by atoms with Crippen LogP contribution in [0.15, 0.2) is 243 Å². The Labute approximate surface area is 401 Å². The molecule has 12 aromatic rings. The van der Waals surface area contributed by atoms with Crippen LogP contribution < -0.4 is 4.90 Å². The van der Waals surface area contributed by atoms with Crippen LogP contribution in [0.5, 0.6) is 0 Å². The number of nitrogens with zero attached hydrogens (tertiary/aromatic N) is 1. The molecule has 0 amide bonds. The van der Waals surface area contributed by atoms with Crippen molar-refractivity contribution in [2.24, 2.45) is 0 Å². The van der Waals surface area contributed by atoms with Crippen molar-refractivity contribution in [3.63, 3.8) is 0 Å². The number of anilines is 3. The molecule has 0 radical (unpaired) electrons. The third kappa shape index (κ3) is 6.51. The lowest BCUT2D eigenvalue weighted by Gasteiger charge is -2.28. The van der Waals surface area contributed by atoms with Gasteiger partial charge in [0.25, 0.3) is 0 Å². The van der Waals surface area contributed by atoms with Crippen molar-refractivity contribution in [2.75, 3.05) is 4.90 Å². The predicted octanol–water partition coefficient (Wildman–Crippen LogP) is 18.7. The van der Waals surface area contributed by atoms with Crippen molar-refractivity contribution in [1.82, 2.24) is 0 Å². The Morgan fingerprint density at radius 2 is 0.941 bits per heavy atom. The maximum atomic E-state index is 2.49. The zero-order valence-corrected chi connectivity index (χ0v) is 38.8. The molecule has 322 valence electrons. The van der Waals surface area contributed by atoms with Gasteiger partial charge >= 0.3 is 0 Å². The van der Waals surface area contributed by atoms with Crippen LogP contribution >= 0.6 is 11.3 Å². The summed E-state index contributed by atoms with van der Waals surface area (Å²) in [5.41, 5.74) is 17.6. The monoisotopic (exact) mass is 885 g/mol. The maximum absolute atomic E-state index is 2.49. The van der Waals surface area contributed by atoms with Crippen molar-refractivity contribution in [3.8, 4) is 33.4 Å². The van der Waals surface area contributed by atoms with Gasteiger partial charge in [-0.1, -0.05) is 214 Å². The molecule has 0 unspecified atom stereocenters. The number of thiophene rings is 1. The Hall–Kier alpha value is -8.04. The Morgan fingerprint density at radius 3 is 1.68 bits per heavy atom. The number of hydrogen-bond acceptors (Lipinski definition) is 2. The van der Waals surface area contributed by atoms with Gasteiger partial charge in [0, 0.05) is 53.8 Å². The number of rotatable bonds is 8. The first-order valence-corrected chi connectivity index (χ1v) is 24.5. The van der Waals surface area contributed by atoms with Crippen LogP contribution in [-0.4, -0.2) is 0 Å². The molecular formula is C66H47NS. The summed E-state index contributed by atoms with van der Waals surface area (Å²) in [6.45, 7) is 4.81. The highest BCUT2D eigenvalue weighted by molar-refractivity contribution is 7.27. The molecule has 0 N–H and O–H groups in total. The molecule has 2 heteroatoms. The molecule has 0 spiro atoms. The standard InChI is InChI=1S/C66H47NS/c1-66(2)59-39-46(31-35-53(59)54-36-33-48(40-60(54)66)63(44-21-9-4-10-22-44)45-23-11-5-12-24-45)47-32-37-57-62(41-47)68-65-56-38-34-50(42-58(56)52-28-15-16-29-55(52)64(57)65)67(49-25-13-6-14-26-49)61-30-18-17-27-51(61)43-19-7-3-8-20-43/h3-42,63H,1-2H3. The summed E-state index contributed by atoms with van der Waals surface area (Å²) in [5, 5.41) is 7.76. The summed E-state index contributed by atoms with van der Waals surface area (Å²) >= 11 is 1.92. The van der Waals surface area contributed by atoms with Gasteiger partial charge in [-0.2, -0.15) is 0 Å². The van der Waals surface area contributed by atoms with Crippen LogP contribution in [0.4, 0.5) is 17.1 Å². The van der Waals surface area contributed by atoms with Gasteiger partial charge in [-0.3, -0.25) is 0 Å². The molecule has 1 aromatic heterocycles. The van der Waals surface area contributed by atoms with E-state index in [0.717, 1.165) is 17.1 Å². The van der Waals surface area contributed by atoms with E-state index >= 15 is 0 Å². The molecule has 1 aliphatic carbocycles. The van der Waals surface area contributed by atoms with Crippen LogP contribution in [0.25, 0.3) is 75.1 Å². The number of benzene rings is 11. The van der Waals surface area contributed by atoms with E-state index in [1.54, 1.807) is 0 Å². The average Bonchev–Trinajstić information content (AvgIpc) is 3.89. The molecule has 0 aliphatic heterocycles. The fraction of sp³-hybridized carbons (Fsp3) is 0.0606. The molecule has 1 nitrogen and oxygen atoms in total. The lowest BCUT2D eigenvalue weighted by atomic mass is 9.78. The largest absolute Gasteiger partial charge is 0.310 e. The SMILES string of the molecule is CC1(C)c2cc(-c3ccc4c(c3)sc3c5ccc(N(c6ccccc6)c6ccccc6-c6ccccc6)cc5c5ccccc5c43)ccc2-c2ccc(C(c3ccccc3)c3ccccc3)cc21. The molecular weight excluding hydrogens is 839 g/mol. The van der Waals surface area contributed by atoms with Crippen molar-refractivity contribution >= 4 is 70.1 Å². The van der Waals surface area contributed by atoms with Crippen molar-refractivity contribution in [1.29, 1.82) is 0 Å². The molecule has 1 aliphatic rings. The molecule has 0 saturated carbocycles. The van der Waals surface area contributed by atoms with Gasteiger partial charge in [-0.15, -0.1) is 11.3 Å². The fourth-order valence-electron chi connectivity index (χ4n) is 11.3. The lowest BCUT2D eigenvalue weighted by Crippen LogP contribution is -2.16.